The first-order chi connectivity index (χ1) is 22.9. The van der Waals surface area contributed by atoms with Gasteiger partial charge in [0.2, 0.25) is 10.0 Å². The molecule has 2 aromatic heterocycles. The molecule has 0 unspecified atom stereocenters. The standard InChI is InChI=1S/C29H30N8O10S/c1-46-20-9-8-16(12-19(20)37(42)43)48(44,45)34(10-4-5-11-35-27(40)17-6-2-3-7-18(17)28(35)41)13-21-23(38)24(39)29(47-21)36-15-33-22-25(30)31-14-32-26(22)36/h2-3,6-9,12,14-15,21,23-24,29,38-39H,4-5,10-11,13H2,1H3,(H2,30,31,32)/t21-,23-,24-,29-/m1/s1. The molecule has 0 bridgehead atoms. The number of nitro benzene ring substituents is 1. The average Bonchev–Trinajstić information content (AvgIpc) is 3.71. The van der Waals surface area contributed by atoms with Crippen molar-refractivity contribution in [2.24, 2.45) is 0 Å². The summed E-state index contributed by atoms with van der Waals surface area (Å²) in [4.78, 5) is 49.3. The highest BCUT2D eigenvalue weighted by molar-refractivity contribution is 7.89. The number of aromatic nitrogens is 4. The molecule has 0 spiro atoms. The van der Waals surface area contributed by atoms with Gasteiger partial charge in [0.05, 0.1) is 34.4 Å². The lowest BCUT2D eigenvalue weighted by Gasteiger charge is -2.26. The third kappa shape index (κ3) is 5.70. The van der Waals surface area contributed by atoms with Crippen LogP contribution in [0.25, 0.3) is 11.2 Å². The molecule has 18 nitrogen and oxygen atoms in total. The Morgan fingerprint density at radius 2 is 1.77 bits per heavy atom. The number of benzene rings is 2. The normalized spacial score (nSPS) is 21.0. The maximum atomic E-state index is 14.0. The maximum absolute atomic E-state index is 14.0. The number of nitro groups is 1. The molecule has 48 heavy (non-hydrogen) atoms. The van der Waals surface area contributed by atoms with E-state index in [1.807, 2.05) is 0 Å². The number of ether oxygens (including phenoxy) is 2. The van der Waals surface area contributed by atoms with Crippen molar-refractivity contribution in [3.05, 3.63) is 76.4 Å². The monoisotopic (exact) mass is 682 g/mol. The van der Waals surface area contributed by atoms with Crippen LogP contribution in [0.5, 0.6) is 5.75 Å². The second-order valence-corrected chi connectivity index (χ2v) is 13.0. The lowest BCUT2D eigenvalue weighted by Crippen LogP contribution is -2.43. The number of hydrogen-bond acceptors (Lipinski definition) is 14. The third-order valence-corrected chi connectivity index (χ3v) is 10.1. The number of aliphatic hydroxyl groups excluding tert-OH is 2. The Morgan fingerprint density at radius 1 is 1.06 bits per heavy atom. The molecule has 0 aliphatic carbocycles. The average molecular weight is 683 g/mol. The van der Waals surface area contributed by atoms with Crippen LogP contribution in [0.2, 0.25) is 0 Å². The van der Waals surface area contributed by atoms with E-state index in [0.29, 0.717) is 0 Å². The zero-order chi connectivity index (χ0) is 34.3. The molecule has 2 aromatic carbocycles. The number of nitrogens with two attached hydrogens (primary N) is 1. The molecule has 2 aliphatic rings. The van der Waals surface area contributed by atoms with E-state index >= 15 is 0 Å². The SMILES string of the molecule is COc1ccc(S(=O)(=O)N(CCCCN2C(=O)c3ccccc3C2=O)C[C@H]2O[C@@H](n3cnc4c(N)ncnc43)[C@H](O)[C@@H]2O)cc1[N+](=O)[O-]. The summed E-state index contributed by atoms with van der Waals surface area (Å²) in [6.07, 6.45) is -2.79. The van der Waals surface area contributed by atoms with Crippen LogP contribution in [0.1, 0.15) is 39.8 Å². The first-order valence-corrected chi connectivity index (χ1v) is 16.1. The number of nitrogen functional groups attached to an aromatic ring is 1. The van der Waals surface area contributed by atoms with Crippen LogP contribution in [0, 0.1) is 10.1 Å². The minimum Gasteiger partial charge on any atom is -0.490 e. The number of imide groups is 1. The Morgan fingerprint density at radius 3 is 2.44 bits per heavy atom. The van der Waals surface area contributed by atoms with Crippen LogP contribution in [0.15, 0.2) is 60.0 Å². The van der Waals surface area contributed by atoms with Gasteiger partial charge < -0.3 is 25.4 Å². The van der Waals surface area contributed by atoms with Gasteiger partial charge in [0.1, 0.15) is 30.2 Å². The van der Waals surface area contributed by atoms with Crippen molar-refractivity contribution in [1.29, 1.82) is 0 Å². The summed E-state index contributed by atoms with van der Waals surface area (Å²) >= 11 is 0. The van der Waals surface area contributed by atoms with Gasteiger partial charge in [0.15, 0.2) is 23.4 Å². The van der Waals surface area contributed by atoms with Gasteiger partial charge in [0, 0.05) is 25.7 Å². The molecule has 4 aromatic rings. The summed E-state index contributed by atoms with van der Waals surface area (Å²) in [6.45, 7) is -0.666. The van der Waals surface area contributed by atoms with Gasteiger partial charge in [0.25, 0.3) is 11.8 Å². The molecule has 2 aliphatic heterocycles. The molecule has 1 fully saturated rings. The number of hydrogen-bond donors (Lipinski definition) is 3. The molecule has 0 radical (unpaired) electrons. The molecule has 252 valence electrons. The number of amides is 2. The van der Waals surface area contributed by atoms with Crippen LogP contribution >= 0.6 is 0 Å². The van der Waals surface area contributed by atoms with Crippen LogP contribution in [0.4, 0.5) is 11.5 Å². The number of carbonyl (C=O) groups excluding carboxylic acids is 2. The van der Waals surface area contributed by atoms with Gasteiger partial charge in [-0.1, -0.05) is 12.1 Å². The number of unbranched alkanes of at least 4 members (excludes halogenated alkanes) is 1. The highest BCUT2D eigenvalue weighted by atomic mass is 32.2. The second kappa shape index (κ2) is 12.8. The van der Waals surface area contributed by atoms with E-state index in [4.69, 9.17) is 15.2 Å². The van der Waals surface area contributed by atoms with Gasteiger partial charge >= 0.3 is 5.69 Å². The molecular formula is C29H30N8O10S. The fourth-order valence-electron chi connectivity index (χ4n) is 5.80. The Labute approximate surface area is 272 Å². The minimum atomic E-state index is -4.49. The summed E-state index contributed by atoms with van der Waals surface area (Å²) in [5.74, 6) is -0.973. The number of anilines is 1. The third-order valence-electron chi connectivity index (χ3n) is 8.28. The largest absolute Gasteiger partial charge is 0.490 e. The number of methoxy groups -OCH3 is 1. The van der Waals surface area contributed by atoms with Gasteiger partial charge in [-0.25, -0.2) is 23.4 Å². The first-order valence-electron chi connectivity index (χ1n) is 14.7. The van der Waals surface area contributed by atoms with E-state index in [1.165, 1.54) is 24.3 Å². The van der Waals surface area contributed by atoms with E-state index < -0.39 is 68.4 Å². The smallest absolute Gasteiger partial charge is 0.312 e. The zero-order valence-corrected chi connectivity index (χ0v) is 26.1. The Bertz CT molecular complexity index is 1990. The highest BCUT2D eigenvalue weighted by Gasteiger charge is 2.46. The molecule has 1 saturated heterocycles. The summed E-state index contributed by atoms with van der Waals surface area (Å²) in [5, 5.41) is 33.6. The molecule has 4 atom stereocenters. The molecule has 19 heteroatoms. The van der Waals surface area contributed by atoms with Crippen molar-refractivity contribution in [2.75, 3.05) is 32.5 Å². The summed E-state index contributed by atoms with van der Waals surface area (Å²) in [7, 11) is -3.28. The maximum Gasteiger partial charge on any atom is 0.312 e. The van der Waals surface area contributed by atoms with Crippen molar-refractivity contribution in [2.45, 2.75) is 42.3 Å². The lowest BCUT2D eigenvalue weighted by atomic mass is 10.1. The number of nitrogens with zero attached hydrogens (tertiary/aromatic N) is 7. The summed E-state index contributed by atoms with van der Waals surface area (Å²) in [5.41, 5.74) is 6.30. The molecular weight excluding hydrogens is 652 g/mol. The lowest BCUT2D eigenvalue weighted by molar-refractivity contribution is -0.386. The van der Waals surface area contributed by atoms with E-state index in [9.17, 15) is 38.3 Å². The Balaban J connectivity index is 1.24. The van der Waals surface area contributed by atoms with Crippen molar-refractivity contribution < 1.29 is 42.6 Å². The number of sulfonamides is 1. The first kappa shape index (κ1) is 32.8. The Hall–Kier alpha value is -5.08. The van der Waals surface area contributed by atoms with Gasteiger partial charge in [-0.05, 0) is 37.1 Å². The number of aliphatic hydroxyl groups is 2. The van der Waals surface area contributed by atoms with E-state index in [-0.39, 0.29) is 59.8 Å². The van der Waals surface area contributed by atoms with Crippen LogP contribution in [0.3, 0.4) is 0 Å². The van der Waals surface area contributed by atoms with Crippen molar-refractivity contribution in [3.63, 3.8) is 0 Å². The van der Waals surface area contributed by atoms with Crippen LogP contribution in [-0.2, 0) is 14.8 Å². The molecule has 6 rings (SSSR count). The second-order valence-electron chi connectivity index (χ2n) is 11.1. The number of carbonyl (C=O) groups is 2. The van der Waals surface area contributed by atoms with E-state index in [1.54, 1.807) is 24.3 Å². The van der Waals surface area contributed by atoms with Crippen LogP contribution < -0.4 is 10.5 Å². The predicted molar refractivity (Wildman–Crippen MR) is 165 cm³/mol. The molecule has 4 N–H and O–H groups in total. The summed E-state index contributed by atoms with van der Waals surface area (Å²) < 4.78 is 41.3. The number of imidazole rings is 1. The number of rotatable bonds is 12. The van der Waals surface area contributed by atoms with Gasteiger partial charge in [-0.2, -0.15) is 4.31 Å². The van der Waals surface area contributed by atoms with E-state index in [0.717, 1.165) is 27.4 Å². The van der Waals surface area contributed by atoms with Gasteiger partial charge in [-0.15, -0.1) is 0 Å². The minimum absolute atomic E-state index is 0.0102. The van der Waals surface area contributed by atoms with Crippen molar-refractivity contribution >= 4 is 44.5 Å². The molecule has 4 heterocycles. The fraction of sp³-hybridized carbons (Fsp3) is 0.345. The van der Waals surface area contributed by atoms with E-state index in [2.05, 4.69) is 15.0 Å². The van der Waals surface area contributed by atoms with Gasteiger partial charge in [-0.3, -0.25) is 29.2 Å². The van der Waals surface area contributed by atoms with Crippen molar-refractivity contribution in [1.82, 2.24) is 28.7 Å². The molecule has 0 saturated carbocycles. The Kier molecular flexibility index (Phi) is 8.79. The molecule has 2 amide bonds. The highest BCUT2D eigenvalue weighted by Crippen LogP contribution is 2.35. The van der Waals surface area contributed by atoms with Crippen molar-refractivity contribution in [3.8, 4) is 5.75 Å². The predicted octanol–water partition coefficient (Wildman–Crippen LogP) is 0.712. The quantitative estimate of drug-likeness (QED) is 0.0806. The topological polar surface area (TPSA) is 246 Å². The van der Waals surface area contributed by atoms with Crippen LogP contribution in [-0.4, -0.2) is 109 Å². The fourth-order valence-corrected chi connectivity index (χ4v) is 7.31. The summed E-state index contributed by atoms with van der Waals surface area (Å²) in [6, 6.07) is 9.59. The number of fused-ring (bicyclic) bond motifs is 2. The zero-order valence-electron chi connectivity index (χ0n) is 25.3.